The second kappa shape index (κ2) is 8.45. The number of halogens is 2. The summed E-state index contributed by atoms with van der Waals surface area (Å²) in [5, 5.41) is 15.7. The summed E-state index contributed by atoms with van der Waals surface area (Å²) in [6.45, 7) is 4.67. The largest absolute Gasteiger partial charge is 0.315 e. The Kier molecular flexibility index (Phi) is 6.59. The molecule has 2 rings (SSSR count). The van der Waals surface area contributed by atoms with Crippen LogP contribution in [0.25, 0.3) is 0 Å². The van der Waals surface area contributed by atoms with Gasteiger partial charge >= 0.3 is 0 Å². The molecule has 1 aromatic carbocycles. The average Bonchev–Trinajstić information content (AvgIpc) is 2.93. The lowest BCUT2D eigenvalue weighted by Gasteiger charge is -2.06. The van der Waals surface area contributed by atoms with E-state index in [1.165, 1.54) is 17.8 Å². The lowest BCUT2D eigenvalue weighted by atomic mass is 10.2. The molecule has 0 aliphatic rings. The zero-order chi connectivity index (χ0) is 15.1. The van der Waals surface area contributed by atoms with Gasteiger partial charge in [-0.3, -0.25) is 0 Å². The third-order valence-corrected chi connectivity index (χ3v) is 4.71. The summed E-state index contributed by atoms with van der Waals surface area (Å²) in [4.78, 5) is 0. The number of hydrogen-bond donors (Lipinski definition) is 1. The van der Waals surface area contributed by atoms with Crippen LogP contribution < -0.4 is 5.32 Å². The van der Waals surface area contributed by atoms with Gasteiger partial charge in [0.25, 0.3) is 0 Å². The maximum absolute atomic E-state index is 13.5. The van der Waals surface area contributed by atoms with Crippen molar-refractivity contribution in [1.29, 1.82) is 0 Å². The van der Waals surface area contributed by atoms with Crippen LogP contribution in [0.3, 0.4) is 0 Å². The molecule has 2 aromatic rings. The van der Waals surface area contributed by atoms with E-state index < -0.39 is 0 Å². The van der Waals surface area contributed by atoms with Gasteiger partial charge in [0.15, 0.2) is 0 Å². The zero-order valence-electron chi connectivity index (χ0n) is 11.7. The summed E-state index contributed by atoms with van der Waals surface area (Å²) in [7, 11) is 0. The van der Waals surface area contributed by atoms with E-state index in [9.17, 15) is 4.39 Å². The zero-order valence-corrected chi connectivity index (χ0v) is 14.1. The van der Waals surface area contributed by atoms with Gasteiger partial charge in [-0.15, -0.1) is 5.10 Å². The third-order valence-electron chi connectivity index (χ3n) is 2.81. The minimum absolute atomic E-state index is 0.253. The van der Waals surface area contributed by atoms with Crippen LogP contribution >= 0.6 is 27.7 Å². The molecule has 0 bridgehead atoms. The molecule has 5 nitrogen and oxygen atoms in total. The third kappa shape index (κ3) is 4.76. The van der Waals surface area contributed by atoms with Crippen molar-refractivity contribution >= 4 is 27.7 Å². The summed E-state index contributed by atoms with van der Waals surface area (Å²) >= 11 is 4.76. The van der Waals surface area contributed by atoms with E-state index in [1.54, 1.807) is 10.7 Å². The normalized spacial score (nSPS) is 11.0. The SMILES string of the molecule is CCCNCCn1nnnc1SCc1cccc(F)c1Br. The van der Waals surface area contributed by atoms with E-state index in [4.69, 9.17) is 0 Å². The fourth-order valence-electron chi connectivity index (χ4n) is 1.73. The monoisotopic (exact) mass is 373 g/mol. The van der Waals surface area contributed by atoms with Crippen molar-refractivity contribution in [3.63, 3.8) is 0 Å². The molecular formula is C13H17BrFN5S. The number of tetrazole rings is 1. The van der Waals surface area contributed by atoms with E-state index in [1.807, 2.05) is 6.07 Å². The van der Waals surface area contributed by atoms with Gasteiger partial charge in [-0.05, 0) is 51.0 Å². The van der Waals surface area contributed by atoms with Crippen molar-refractivity contribution in [2.75, 3.05) is 13.1 Å². The molecule has 0 fully saturated rings. The molecule has 0 amide bonds. The van der Waals surface area contributed by atoms with Crippen LogP contribution in [0.1, 0.15) is 18.9 Å². The standard InChI is InChI=1S/C13H17BrFN5S/c1-2-6-16-7-8-20-13(17-18-19-20)21-9-10-4-3-5-11(15)12(10)14/h3-5,16H,2,6-9H2,1H3. The van der Waals surface area contributed by atoms with Gasteiger partial charge in [-0.25, -0.2) is 9.07 Å². The van der Waals surface area contributed by atoms with Crippen LogP contribution in [0.15, 0.2) is 27.8 Å². The molecule has 0 unspecified atom stereocenters. The first kappa shape index (κ1) is 16.4. The van der Waals surface area contributed by atoms with Gasteiger partial charge in [0.1, 0.15) is 5.82 Å². The molecule has 0 saturated heterocycles. The first-order valence-electron chi connectivity index (χ1n) is 6.75. The van der Waals surface area contributed by atoms with Gasteiger partial charge < -0.3 is 5.32 Å². The highest BCUT2D eigenvalue weighted by Crippen LogP contribution is 2.27. The van der Waals surface area contributed by atoms with Crippen LogP contribution in [0.4, 0.5) is 4.39 Å². The van der Waals surface area contributed by atoms with Crippen molar-refractivity contribution in [2.45, 2.75) is 30.8 Å². The Morgan fingerprint density at radius 2 is 2.24 bits per heavy atom. The summed E-state index contributed by atoms with van der Waals surface area (Å²) in [6.07, 6.45) is 1.10. The Labute approximate surface area is 135 Å². The quantitative estimate of drug-likeness (QED) is 0.569. The molecule has 0 aliphatic heterocycles. The molecule has 0 aliphatic carbocycles. The average molecular weight is 374 g/mol. The number of rotatable bonds is 8. The molecular weight excluding hydrogens is 357 g/mol. The smallest absolute Gasteiger partial charge is 0.209 e. The second-order valence-corrected chi connectivity index (χ2v) is 6.17. The van der Waals surface area contributed by atoms with E-state index in [-0.39, 0.29) is 5.82 Å². The van der Waals surface area contributed by atoms with Crippen LogP contribution in [-0.2, 0) is 12.3 Å². The van der Waals surface area contributed by atoms with Crippen LogP contribution in [-0.4, -0.2) is 33.3 Å². The highest BCUT2D eigenvalue weighted by atomic mass is 79.9. The molecule has 114 valence electrons. The van der Waals surface area contributed by atoms with Gasteiger partial charge in [-0.1, -0.05) is 30.8 Å². The lowest BCUT2D eigenvalue weighted by Crippen LogP contribution is -2.21. The van der Waals surface area contributed by atoms with E-state index in [2.05, 4.69) is 43.7 Å². The summed E-state index contributed by atoms with van der Waals surface area (Å²) in [5.41, 5.74) is 0.888. The topological polar surface area (TPSA) is 55.6 Å². The predicted octanol–water partition coefficient (Wildman–Crippen LogP) is 2.87. The van der Waals surface area contributed by atoms with Crippen molar-refractivity contribution in [1.82, 2.24) is 25.5 Å². The highest BCUT2D eigenvalue weighted by molar-refractivity contribution is 9.10. The molecule has 1 N–H and O–H groups in total. The summed E-state index contributed by atoms with van der Waals surface area (Å²) in [5.74, 6) is 0.359. The number of nitrogens with zero attached hydrogens (tertiary/aromatic N) is 4. The number of hydrogen-bond acceptors (Lipinski definition) is 5. The van der Waals surface area contributed by atoms with Crippen molar-refractivity contribution in [3.8, 4) is 0 Å². The molecule has 1 aromatic heterocycles. The minimum atomic E-state index is -0.253. The maximum Gasteiger partial charge on any atom is 0.209 e. The maximum atomic E-state index is 13.5. The summed E-state index contributed by atoms with van der Waals surface area (Å²) in [6, 6.07) is 5.02. The Hall–Kier alpha value is -0.990. The van der Waals surface area contributed by atoms with Gasteiger partial charge in [0, 0.05) is 12.3 Å². The first-order valence-corrected chi connectivity index (χ1v) is 8.52. The Morgan fingerprint density at radius 1 is 1.38 bits per heavy atom. The van der Waals surface area contributed by atoms with Crippen molar-refractivity contribution in [2.24, 2.45) is 0 Å². The Morgan fingerprint density at radius 3 is 3.05 bits per heavy atom. The van der Waals surface area contributed by atoms with Gasteiger partial charge in [-0.2, -0.15) is 0 Å². The van der Waals surface area contributed by atoms with E-state index in [0.29, 0.717) is 10.2 Å². The van der Waals surface area contributed by atoms with Crippen molar-refractivity contribution < 1.29 is 4.39 Å². The fraction of sp³-hybridized carbons (Fsp3) is 0.462. The molecule has 8 heteroatoms. The number of benzene rings is 1. The van der Waals surface area contributed by atoms with E-state index in [0.717, 1.165) is 36.8 Å². The molecule has 21 heavy (non-hydrogen) atoms. The molecule has 1 heterocycles. The predicted molar refractivity (Wildman–Crippen MR) is 84.6 cm³/mol. The first-order chi connectivity index (χ1) is 10.2. The van der Waals surface area contributed by atoms with Crippen LogP contribution in [0.5, 0.6) is 0 Å². The van der Waals surface area contributed by atoms with Gasteiger partial charge in [0.2, 0.25) is 5.16 Å². The lowest BCUT2D eigenvalue weighted by molar-refractivity contribution is 0.510. The minimum Gasteiger partial charge on any atom is -0.315 e. The molecule has 0 spiro atoms. The Bertz CT molecular complexity index is 577. The van der Waals surface area contributed by atoms with Gasteiger partial charge in [0.05, 0.1) is 11.0 Å². The van der Waals surface area contributed by atoms with E-state index >= 15 is 0 Å². The number of thioether (sulfide) groups is 1. The fourth-order valence-corrected chi connectivity index (χ4v) is 3.22. The van der Waals surface area contributed by atoms with Crippen LogP contribution in [0.2, 0.25) is 0 Å². The molecule has 0 saturated carbocycles. The second-order valence-electron chi connectivity index (χ2n) is 4.44. The highest BCUT2D eigenvalue weighted by Gasteiger charge is 2.10. The molecule has 0 atom stereocenters. The van der Waals surface area contributed by atoms with Crippen molar-refractivity contribution in [3.05, 3.63) is 34.1 Å². The number of nitrogens with one attached hydrogen (secondary N) is 1. The summed E-state index contributed by atoms with van der Waals surface area (Å²) < 4.78 is 15.7. The molecule has 0 radical (unpaired) electrons. The number of aromatic nitrogens is 4. The Balaban J connectivity index is 1.91. The van der Waals surface area contributed by atoms with Crippen LogP contribution in [0, 0.1) is 5.82 Å².